The predicted molar refractivity (Wildman–Crippen MR) is 78.4 cm³/mol. The molecule has 2 aromatic rings. The molecule has 0 saturated heterocycles. The molecule has 0 spiro atoms. The van der Waals surface area contributed by atoms with Gasteiger partial charge in [-0.25, -0.2) is 0 Å². The number of nitro benzene ring substituents is 1. The van der Waals surface area contributed by atoms with Gasteiger partial charge in [0.25, 0.3) is 5.69 Å². The van der Waals surface area contributed by atoms with Gasteiger partial charge >= 0.3 is 0 Å². The van der Waals surface area contributed by atoms with E-state index in [1.807, 2.05) is 18.2 Å². The number of nitrogens with zero attached hydrogens (tertiary/aromatic N) is 1. The standard InChI is InChI=1S/C14H11Cl2NO3/c15-8-10-3-1-2-4-14(10)20-9-11-7-12(16)5-6-13(11)17(18)19/h1-7H,8-9H2. The first-order chi connectivity index (χ1) is 9.61. The lowest BCUT2D eigenvalue weighted by Gasteiger charge is -2.10. The third-order valence-corrected chi connectivity index (χ3v) is 3.26. The zero-order chi connectivity index (χ0) is 14.5. The summed E-state index contributed by atoms with van der Waals surface area (Å²) in [6.45, 7) is 0.0603. The van der Waals surface area contributed by atoms with Gasteiger partial charge in [-0.2, -0.15) is 0 Å². The minimum Gasteiger partial charge on any atom is -0.488 e. The number of hydrogen-bond donors (Lipinski definition) is 0. The highest BCUT2D eigenvalue weighted by atomic mass is 35.5. The second-order valence-electron chi connectivity index (χ2n) is 4.06. The van der Waals surface area contributed by atoms with Crippen molar-refractivity contribution in [3.63, 3.8) is 0 Å². The van der Waals surface area contributed by atoms with E-state index in [1.54, 1.807) is 6.07 Å². The van der Waals surface area contributed by atoms with E-state index in [0.717, 1.165) is 5.56 Å². The minimum atomic E-state index is -0.456. The molecule has 0 atom stereocenters. The lowest BCUT2D eigenvalue weighted by Crippen LogP contribution is -2.02. The molecule has 4 nitrogen and oxygen atoms in total. The van der Waals surface area contributed by atoms with Gasteiger partial charge < -0.3 is 4.74 Å². The number of alkyl halides is 1. The minimum absolute atomic E-state index is 0.0160. The summed E-state index contributed by atoms with van der Waals surface area (Å²) in [6, 6.07) is 11.7. The molecule has 2 aromatic carbocycles. The first kappa shape index (κ1) is 14.6. The third-order valence-electron chi connectivity index (χ3n) is 2.74. The van der Waals surface area contributed by atoms with E-state index in [9.17, 15) is 10.1 Å². The van der Waals surface area contributed by atoms with Crippen molar-refractivity contribution in [3.05, 3.63) is 68.7 Å². The van der Waals surface area contributed by atoms with Crippen LogP contribution in [0.5, 0.6) is 5.75 Å². The fourth-order valence-electron chi connectivity index (χ4n) is 1.76. The van der Waals surface area contributed by atoms with Gasteiger partial charge in [0.2, 0.25) is 0 Å². The molecule has 0 heterocycles. The quantitative estimate of drug-likeness (QED) is 0.462. The van der Waals surface area contributed by atoms with Crippen molar-refractivity contribution in [1.29, 1.82) is 0 Å². The van der Waals surface area contributed by atoms with Crippen molar-refractivity contribution in [2.75, 3.05) is 0 Å². The Labute approximate surface area is 126 Å². The molecule has 0 fully saturated rings. The molecule has 20 heavy (non-hydrogen) atoms. The molecule has 0 aliphatic rings. The number of hydrogen-bond acceptors (Lipinski definition) is 3. The van der Waals surface area contributed by atoms with Gasteiger partial charge in [0, 0.05) is 16.7 Å². The van der Waals surface area contributed by atoms with Crippen LogP contribution in [0.15, 0.2) is 42.5 Å². The average Bonchev–Trinajstić information content (AvgIpc) is 2.45. The van der Waals surface area contributed by atoms with E-state index < -0.39 is 4.92 Å². The number of halogens is 2. The number of nitro groups is 1. The number of ether oxygens (including phenoxy) is 1. The summed E-state index contributed by atoms with van der Waals surface area (Å²) in [5.41, 5.74) is 1.24. The molecule has 0 bridgehead atoms. The van der Waals surface area contributed by atoms with E-state index in [-0.39, 0.29) is 12.3 Å². The fourth-order valence-corrected chi connectivity index (χ4v) is 2.17. The van der Waals surface area contributed by atoms with Crippen LogP contribution < -0.4 is 4.74 Å². The molecule has 0 N–H and O–H groups in total. The predicted octanol–water partition coefficient (Wildman–Crippen LogP) is 4.57. The van der Waals surface area contributed by atoms with Gasteiger partial charge in [0.15, 0.2) is 0 Å². The van der Waals surface area contributed by atoms with Crippen molar-refractivity contribution in [2.24, 2.45) is 0 Å². The van der Waals surface area contributed by atoms with Crippen LogP contribution in [0.1, 0.15) is 11.1 Å². The van der Waals surface area contributed by atoms with Gasteiger partial charge in [-0.05, 0) is 18.2 Å². The van der Waals surface area contributed by atoms with Crippen molar-refractivity contribution in [3.8, 4) is 5.75 Å². The van der Waals surface area contributed by atoms with Crippen LogP contribution >= 0.6 is 23.2 Å². The molecule has 0 unspecified atom stereocenters. The largest absolute Gasteiger partial charge is 0.488 e. The summed E-state index contributed by atoms with van der Waals surface area (Å²) in [5.74, 6) is 0.921. The topological polar surface area (TPSA) is 52.4 Å². The van der Waals surface area contributed by atoms with Crippen LogP contribution in [0.25, 0.3) is 0 Å². The van der Waals surface area contributed by atoms with E-state index in [1.165, 1.54) is 18.2 Å². The second-order valence-corrected chi connectivity index (χ2v) is 4.76. The molecule has 0 aliphatic carbocycles. The number of benzene rings is 2. The second kappa shape index (κ2) is 6.59. The van der Waals surface area contributed by atoms with Crippen LogP contribution in [-0.2, 0) is 12.5 Å². The van der Waals surface area contributed by atoms with Crippen molar-refractivity contribution < 1.29 is 9.66 Å². The zero-order valence-electron chi connectivity index (χ0n) is 10.4. The first-order valence-corrected chi connectivity index (χ1v) is 6.72. The van der Waals surface area contributed by atoms with E-state index in [4.69, 9.17) is 27.9 Å². The first-order valence-electron chi connectivity index (χ1n) is 5.81. The highest BCUT2D eigenvalue weighted by Gasteiger charge is 2.15. The summed E-state index contributed by atoms with van der Waals surface area (Å²) in [4.78, 5) is 10.5. The number of para-hydroxylation sites is 1. The Morgan fingerprint density at radius 1 is 1.15 bits per heavy atom. The van der Waals surface area contributed by atoms with Gasteiger partial charge in [0.05, 0.1) is 16.4 Å². The average molecular weight is 312 g/mol. The van der Waals surface area contributed by atoms with Crippen LogP contribution in [0.2, 0.25) is 5.02 Å². The normalized spacial score (nSPS) is 10.3. The van der Waals surface area contributed by atoms with Gasteiger partial charge in [-0.15, -0.1) is 11.6 Å². The lowest BCUT2D eigenvalue weighted by molar-refractivity contribution is -0.385. The van der Waals surface area contributed by atoms with Crippen molar-refractivity contribution in [2.45, 2.75) is 12.5 Å². The fraction of sp³-hybridized carbons (Fsp3) is 0.143. The molecule has 0 amide bonds. The van der Waals surface area contributed by atoms with E-state index >= 15 is 0 Å². The SMILES string of the molecule is O=[N+]([O-])c1ccc(Cl)cc1COc1ccccc1CCl. The molecular formula is C14H11Cl2NO3. The Morgan fingerprint density at radius 3 is 2.60 bits per heavy atom. The lowest BCUT2D eigenvalue weighted by atomic mass is 10.2. The Kier molecular flexibility index (Phi) is 4.82. The summed E-state index contributed by atoms with van der Waals surface area (Å²) >= 11 is 11.7. The highest BCUT2D eigenvalue weighted by Crippen LogP contribution is 2.26. The molecule has 2 rings (SSSR count). The van der Waals surface area contributed by atoms with Crippen LogP contribution in [0.3, 0.4) is 0 Å². The monoisotopic (exact) mass is 311 g/mol. The Morgan fingerprint density at radius 2 is 1.90 bits per heavy atom. The smallest absolute Gasteiger partial charge is 0.276 e. The maximum Gasteiger partial charge on any atom is 0.276 e. The summed E-state index contributed by atoms with van der Waals surface area (Å²) in [7, 11) is 0. The maximum atomic E-state index is 11.0. The van der Waals surface area contributed by atoms with Crippen LogP contribution in [0.4, 0.5) is 5.69 Å². The van der Waals surface area contributed by atoms with Gasteiger partial charge in [0.1, 0.15) is 12.4 Å². The van der Waals surface area contributed by atoms with Gasteiger partial charge in [-0.3, -0.25) is 10.1 Å². The van der Waals surface area contributed by atoms with Gasteiger partial charge in [-0.1, -0.05) is 29.8 Å². The molecule has 0 aromatic heterocycles. The van der Waals surface area contributed by atoms with E-state index in [0.29, 0.717) is 22.2 Å². The van der Waals surface area contributed by atoms with Crippen LogP contribution in [-0.4, -0.2) is 4.92 Å². The molecule has 6 heteroatoms. The Bertz CT molecular complexity index is 632. The maximum absolute atomic E-state index is 11.0. The third kappa shape index (κ3) is 3.40. The molecule has 0 radical (unpaired) electrons. The molecular weight excluding hydrogens is 301 g/mol. The molecule has 0 aliphatic heterocycles. The van der Waals surface area contributed by atoms with Crippen LogP contribution in [0, 0.1) is 10.1 Å². The number of rotatable bonds is 5. The van der Waals surface area contributed by atoms with E-state index in [2.05, 4.69) is 0 Å². The molecule has 0 saturated carbocycles. The molecule has 104 valence electrons. The zero-order valence-corrected chi connectivity index (χ0v) is 11.9. The highest BCUT2D eigenvalue weighted by molar-refractivity contribution is 6.30. The summed E-state index contributed by atoms with van der Waals surface area (Å²) in [5, 5.41) is 11.4. The summed E-state index contributed by atoms with van der Waals surface area (Å²) < 4.78 is 5.61. The van der Waals surface area contributed by atoms with Crippen molar-refractivity contribution in [1.82, 2.24) is 0 Å². The Balaban J connectivity index is 2.22. The summed E-state index contributed by atoms with van der Waals surface area (Å²) in [6.07, 6.45) is 0. The van der Waals surface area contributed by atoms with Crippen molar-refractivity contribution >= 4 is 28.9 Å². The Hall–Kier alpha value is -1.78.